The van der Waals surface area contributed by atoms with Gasteiger partial charge in [-0.2, -0.15) is 0 Å². The molecular weight excluding hydrogens is 695 g/mol. The van der Waals surface area contributed by atoms with Crippen molar-refractivity contribution in [3.63, 3.8) is 0 Å². The fraction of sp³-hybridized carbons (Fsp3) is 0.675. The van der Waals surface area contributed by atoms with E-state index in [1.807, 2.05) is 41.5 Å². The molecule has 1 fully saturated rings. The Morgan fingerprint density at radius 3 is 1.85 bits per heavy atom. The van der Waals surface area contributed by atoms with Gasteiger partial charge in [-0.3, -0.25) is 24.0 Å². The number of carbonyl (C=O) groups excluding carboxylic acids is 7. The molecule has 1 aromatic carbocycles. The van der Waals surface area contributed by atoms with Crippen molar-refractivity contribution >= 4 is 41.5 Å². The van der Waals surface area contributed by atoms with Crippen LogP contribution in [0, 0.1) is 23.7 Å². The molecule has 1 aliphatic carbocycles. The zero-order valence-corrected chi connectivity index (χ0v) is 33.5. The monoisotopic (exact) mass is 758 g/mol. The van der Waals surface area contributed by atoms with Crippen LogP contribution in [0.4, 0.5) is 4.79 Å². The maximum Gasteiger partial charge on any atom is 0.407 e. The van der Waals surface area contributed by atoms with E-state index in [-0.39, 0.29) is 43.1 Å². The Kier molecular flexibility index (Phi) is 18.6. The van der Waals surface area contributed by atoms with Crippen molar-refractivity contribution in [3.8, 4) is 0 Å². The van der Waals surface area contributed by atoms with Crippen LogP contribution in [-0.2, 0) is 38.2 Å². The molecule has 0 bridgehead atoms. The first-order valence-electron chi connectivity index (χ1n) is 19.2. The number of hydrogen-bond acceptors (Lipinski definition) is 9. The number of esters is 1. The number of carbonyl (C=O) groups is 7. The highest BCUT2D eigenvalue weighted by Gasteiger charge is 2.36. The third-order valence-electron chi connectivity index (χ3n) is 8.62. The second kappa shape index (κ2) is 22.0. The number of rotatable bonds is 19. The zero-order chi connectivity index (χ0) is 40.6. The Balaban J connectivity index is 2.17. The van der Waals surface area contributed by atoms with Gasteiger partial charge in [0.2, 0.25) is 23.5 Å². The number of alkyl carbamates (subject to hydrolysis) is 1. The summed E-state index contributed by atoms with van der Waals surface area (Å²) in [7, 11) is 0. The second-order valence-corrected chi connectivity index (χ2v) is 16.4. The van der Waals surface area contributed by atoms with E-state index in [2.05, 4.69) is 26.6 Å². The summed E-state index contributed by atoms with van der Waals surface area (Å²) in [6.07, 6.45) is 3.94. The quantitative estimate of drug-likeness (QED) is 0.0778. The predicted octanol–water partition coefficient (Wildman–Crippen LogP) is 4.26. The maximum absolute atomic E-state index is 13.8. The van der Waals surface area contributed by atoms with Gasteiger partial charge in [-0.15, -0.1) is 0 Å². The Morgan fingerprint density at radius 1 is 0.722 bits per heavy atom. The number of ketones is 1. The van der Waals surface area contributed by atoms with Crippen LogP contribution < -0.4 is 26.6 Å². The SMILES string of the molecule is CC(C)COC(=O)N[C@H](C(=O)N[C@@H](CC(C)C)C(=O)NC(CC(C)C)[13C](=O)C(=O)NCC(=O)N[C@H](C(=O)OC(C)(C)C)c1ccccc1)C1CCCCC1. The molecular formula is C40H63N5O9. The van der Waals surface area contributed by atoms with E-state index >= 15 is 0 Å². The number of benzene rings is 1. The van der Waals surface area contributed by atoms with Crippen LogP contribution in [0.5, 0.6) is 0 Å². The van der Waals surface area contributed by atoms with Crippen molar-refractivity contribution in [3.05, 3.63) is 35.9 Å². The number of amides is 5. The minimum atomic E-state index is -1.26. The number of Topliss-reactive ketones (excluding diaryl/α,β-unsaturated/α-hetero) is 1. The minimum Gasteiger partial charge on any atom is -0.458 e. The molecule has 0 spiro atoms. The first kappa shape index (κ1) is 45.7. The molecule has 14 heteroatoms. The lowest BCUT2D eigenvalue weighted by Crippen LogP contribution is -2.58. The summed E-state index contributed by atoms with van der Waals surface area (Å²) < 4.78 is 10.8. The van der Waals surface area contributed by atoms with Gasteiger partial charge in [0.1, 0.15) is 17.7 Å². The second-order valence-electron chi connectivity index (χ2n) is 16.4. The van der Waals surface area contributed by atoms with Crippen molar-refractivity contribution in [2.45, 2.75) is 137 Å². The molecule has 54 heavy (non-hydrogen) atoms. The molecule has 1 unspecified atom stereocenters. The summed E-state index contributed by atoms with van der Waals surface area (Å²) >= 11 is 0. The van der Waals surface area contributed by atoms with Gasteiger partial charge in [0.05, 0.1) is 19.2 Å². The van der Waals surface area contributed by atoms with Crippen molar-refractivity contribution in [1.82, 2.24) is 26.6 Å². The largest absolute Gasteiger partial charge is 0.458 e. The lowest BCUT2D eigenvalue weighted by atomic mass is 9.83. The van der Waals surface area contributed by atoms with Crippen molar-refractivity contribution < 1.29 is 43.0 Å². The van der Waals surface area contributed by atoms with E-state index in [4.69, 9.17) is 9.47 Å². The van der Waals surface area contributed by atoms with Gasteiger partial charge < -0.3 is 36.1 Å². The third kappa shape index (κ3) is 16.7. The van der Waals surface area contributed by atoms with E-state index in [0.717, 1.165) is 32.1 Å². The van der Waals surface area contributed by atoms with Crippen LogP contribution in [0.2, 0.25) is 0 Å². The third-order valence-corrected chi connectivity index (χ3v) is 8.62. The van der Waals surface area contributed by atoms with E-state index in [0.29, 0.717) is 5.56 Å². The fourth-order valence-corrected chi connectivity index (χ4v) is 6.12. The van der Waals surface area contributed by atoms with Crippen LogP contribution in [0.25, 0.3) is 0 Å². The normalized spacial score (nSPS) is 15.7. The highest BCUT2D eigenvalue weighted by atomic mass is 16.6. The molecule has 5 amide bonds. The molecule has 0 radical (unpaired) electrons. The standard InChI is InChI=1S/C40H63N5O9/c1-24(2)20-29(34(47)37(50)41-22-31(46)44-33(28-18-14-11-15-19-28)38(51)54-40(7,8)9)42-35(48)30(21-25(3)4)43-36(49)32(27-16-12-10-13-17-27)45-39(52)53-23-26(5)6/h11,14-15,18-19,24-27,29-30,32-33H,10,12-13,16-17,20-23H2,1-9H3,(H,41,50)(H,42,48)(H,43,49)(H,44,46)(H,45,52)/t29?,30-,32-,33-/m0/s1/i34+1. The van der Waals surface area contributed by atoms with E-state index in [1.54, 1.807) is 51.1 Å². The predicted molar refractivity (Wildman–Crippen MR) is 204 cm³/mol. The van der Waals surface area contributed by atoms with Crippen molar-refractivity contribution in [2.75, 3.05) is 13.2 Å². The molecule has 0 aliphatic heterocycles. The zero-order valence-electron chi connectivity index (χ0n) is 33.5. The van der Waals surface area contributed by atoms with E-state index in [1.165, 1.54) is 0 Å². The van der Waals surface area contributed by atoms with E-state index in [9.17, 15) is 33.6 Å². The molecule has 1 aromatic rings. The fourth-order valence-electron chi connectivity index (χ4n) is 6.12. The highest BCUT2D eigenvalue weighted by Crippen LogP contribution is 2.27. The van der Waals surface area contributed by atoms with E-state index < -0.39 is 77.8 Å². The first-order valence-corrected chi connectivity index (χ1v) is 19.2. The van der Waals surface area contributed by atoms with Gasteiger partial charge in [-0.25, -0.2) is 9.59 Å². The lowest BCUT2D eigenvalue weighted by molar-refractivity contribution is -0.158. The smallest absolute Gasteiger partial charge is 0.407 e. The Hall–Kier alpha value is -4.49. The van der Waals surface area contributed by atoms with Gasteiger partial charge in [-0.1, -0.05) is 91.1 Å². The van der Waals surface area contributed by atoms with Crippen LogP contribution in [0.3, 0.4) is 0 Å². The molecule has 0 heterocycles. The van der Waals surface area contributed by atoms with Gasteiger partial charge in [0, 0.05) is 0 Å². The summed E-state index contributed by atoms with van der Waals surface area (Å²) in [6.45, 7) is 15.9. The van der Waals surface area contributed by atoms with Crippen molar-refractivity contribution in [1.29, 1.82) is 0 Å². The Morgan fingerprint density at radius 2 is 1.30 bits per heavy atom. The summed E-state index contributed by atoms with van der Waals surface area (Å²) in [4.78, 5) is 92.7. The van der Waals surface area contributed by atoms with Gasteiger partial charge in [0.25, 0.3) is 5.91 Å². The number of ether oxygens (including phenoxy) is 2. The minimum absolute atomic E-state index is 0.0420. The molecule has 5 N–H and O–H groups in total. The van der Waals surface area contributed by atoms with Gasteiger partial charge >= 0.3 is 12.1 Å². The number of nitrogens with one attached hydrogen (secondary N) is 5. The number of hydrogen-bond donors (Lipinski definition) is 5. The van der Waals surface area contributed by atoms with Crippen LogP contribution in [0.15, 0.2) is 30.3 Å². The van der Waals surface area contributed by atoms with Gasteiger partial charge in [0.15, 0.2) is 6.04 Å². The van der Waals surface area contributed by atoms with Crippen LogP contribution in [0.1, 0.15) is 119 Å². The Bertz CT molecular complexity index is 1420. The lowest BCUT2D eigenvalue weighted by Gasteiger charge is -2.31. The van der Waals surface area contributed by atoms with Crippen LogP contribution >= 0.6 is 0 Å². The average Bonchev–Trinajstić information content (AvgIpc) is 3.09. The highest BCUT2D eigenvalue weighted by molar-refractivity contribution is 6.38. The maximum atomic E-state index is 13.8. The molecule has 4 atom stereocenters. The average molecular weight is 759 g/mol. The van der Waals surface area contributed by atoms with Gasteiger partial charge in [-0.05, 0) is 75.7 Å². The summed E-state index contributed by atoms with van der Waals surface area (Å²) in [6, 6.07) is 4.06. The molecule has 1 aliphatic rings. The molecule has 1 saturated carbocycles. The Labute approximate surface area is 320 Å². The molecule has 0 aromatic heterocycles. The first-order chi connectivity index (χ1) is 25.3. The summed E-state index contributed by atoms with van der Waals surface area (Å²) in [5, 5.41) is 13.1. The molecule has 0 saturated heterocycles. The molecule has 2 rings (SSSR count). The molecule has 14 nitrogen and oxygen atoms in total. The summed E-state index contributed by atoms with van der Waals surface area (Å²) in [5.74, 6) is -4.89. The molecule has 302 valence electrons. The summed E-state index contributed by atoms with van der Waals surface area (Å²) in [5.41, 5.74) is -0.352. The van der Waals surface area contributed by atoms with Crippen molar-refractivity contribution in [2.24, 2.45) is 23.7 Å². The topological polar surface area (TPSA) is 198 Å². The van der Waals surface area contributed by atoms with Crippen LogP contribution in [-0.4, -0.2) is 78.4 Å².